The molecule has 0 radical (unpaired) electrons. The van der Waals surface area contributed by atoms with Gasteiger partial charge < -0.3 is 9.55 Å². The lowest BCUT2D eigenvalue weighted by Crippen LogP contribution is -2.11. The van der Waals surface area contributed by atoms with Crippen LogP contribution in [0, 0.1) is 5.82 Å². The van der Waals surface area contributed by atoms with Crippen LogP contribution in [0.15, 0.2) is 45.9 Å². The minimum absolute atomic E-state index is 0.181. The molecule has 27 heavy (non-hydrogen) atoms. The normalized spacial score (nSPS) is 14.1. The largest absolute Gasteiger partial charge is 0.309 e. The SMILES string of the molecule is O=c1[nH]c(CSc2nncn2C2CC2)nc2scc(-c3ccc(F)cc3)c12. The predicted molar refractivity (Wildman–Crippen MR) is 103 cm³/mol. The van der Waals surface area contributed by atoms with E-state index in [1.54, 1.807) is 18.5 Å². The number of thioether (sulfide) groups is 1. The number of hydrogen-bond acceptors (Lipinski definition) is 6. The summed E-state index contributed by atoms with van der Waals surface area (Å²) in [4.78, 5) is 20.8. The summed E-state index contributed by atoms with van der Waals surface area (Å²) in [6.07, 6.45) is 4.08. The topological polar surface area (TPSA) is 76.5 Å². The van der Waals surface area contributed by atoms with Gasteiger partial charge in [0, 0.05) is 17.0 Å². The Morgan fingerprint density at radius 1 is 1.30 bits per heavy atom. The van der Waals surface area contributed by atoms with E-state index < -0.39 is 0 Å². The molecule has 136 valence electrons. The van der Waals surface area contributed by atoms with Crippen LogP contribution in [0.3, 0.4) is 0 Å². The Balaban J connectivity index is 1.44. The Morgan fingerprint density at radius 2 is 2.11 bits per heavy atom. The molecule has 1 fully saturated rings. The van der Waals surface area contributed by atoms with E-state index in [1.165, 1.54) is 35.2 Å². The molecule has 0 bridgehead atoms. The Bertz CT molecular complexity index is 1180. The fourth-order valence-electron chi connectivity index (χ4n) is 2.98. The molecule has 0 spiro atoms. The van der Waals surface area contributed by atoms with Crippen molar-refractivity contribution in [1.29, 1.82) is 0 Å². The molecule has 6 nitrogen and oxygen atoms in total. The first-order chi connectivity index (χ1) is 13.2. The highest BCUT2D eigenvalue weighted by atomic mass is 32.2. The minimum atomic E-state index is -0.302. The minimum Gasteiger partial charge on any atom is -0.309 e. The zero-order chi connectivity index (χ0) is 18.4. The van der Waals surface area contributed by atoms with Crippen LogP contribution in [0.5, 0.6) is 0 Å². The monoisotopic (exact) mass is 399 g/mol. The molecule has 9 heteroatoms. The van der Waals surface area contributed by atoms with Gasteiger partial charge in [0.2, 0.25) is 0 Å². The molecule has 0 saturated heterocycles. The van der Waals surface area contributed by atoms with Gasteiger partial charge in [-0.25, -0.2) is 9.37 Å². The van der Waals surface area contributed by atoms with Gasteiger partial charge in [0.15, 0.2) is 5.16 Å². The average molecular weight is 399 g/mol. The van der Waals surface area contributed by atoms with Crippen molar-refractivity contribution in [2.24, 2.45) is 0 Å². The first kappa shape index (κ1) is 16.6. The lowest BCUT2D eigenvalue weighted by molar-refractivity contribution is 0.628. The lowest BCUT2D eigenvalue weighted by Gasteiger charge is -2.04. The van der Waals surface area contributed by atoms with E-state index in [9.17, 15) is 9.18 Å². The molecule has 0 unspecified atom stereocenters. The highest BCUT2D eigenvalue weighted by Crippen LogP contribution is 2.37. The third kappa shape index (κ3) is 3.17. The second-order valence-electron chi connectivity index (χ2n) is 6.39. The number of rotatable bonds is 5. The summed E-state index contributed by atoms with van der Waals surface area (Å²) in [5.74, 6) is 0.819. The van der Waals surface area contributed by atoms with Crippen molar-refractivity contribution >= 4 is 33.3 Å². The molecule has 1 aliphatic carbocycles. The van der Waals surface area contributed by atoms with Crippen molar-refractivity contribution in [1.82, 2.24) is 24.7 Å². The summed E-state index contributed by atoms with van der Waals surface area (Å²) in [5, 5.41) is 11.4. The molecule has 1 N–H and O–H groups in total. The molecule has 4 aromatic rings. The molecule has 3 heterocycles. The van der Waals surface area contributed by atoms with Crippen LogP contribution in [-0.4, -0.2) is 24.7 Å². The van der Waals surface area contributed by atoms with Gasteiger partial charge in [0.25, 0.3) is 5.56 Å². The highest BCUT2D eigenvalue weighted by molar-refractivity contribution is 7.98. The van der Waals surface area contributed by atoms with E-state index in [0.29, 0.717) is 27.8 Å². The summed E-state index contributed by atoms with van der Waals surface area (Å²) < 4.78 is 15.2. The maximum Gasteiger partial charge on any atom is 0.260 e. The smallest absolute Gasteiger partial charge is 0.260 e. The Labute approximate surface area is 161 Å². The number of hydrogen-bond donors (Lipinski definition) is 1. The van der Waals surface area contributed by atoms with Gasteiger partial charge in [0.05, 0.1) is 11.1 Å². The predicted octanol–water partition coefficient (Wildman–Crippen LogP) is 4.01. The molecule has 5 rings (SSSR count). The summed E-state index contributed by atoms with van der Waals surface area (Å²) in [6, 6.07) is 6.63. The summed E-state index contributed by atoms with van der Waals surface area (Å²) in [6.45, 7) is 0. The van der Waals surface area contributed by atoms with Gasteiger partial charge in [-0.05, 0) is 30.5 Å². The fourth-order valence-corrected chi connectivity index (χ4v) is 4.79. The molecule has 0 amide bonds. The van der Waals surface area contributed by atoms with Crippen molar-refractivity contribution in [2.45, 2.75) is 29.8 Å². The number of aromatic amines is 1. The van der Waals surface area contributed by atoms with Crippen LogP contribution in [0.25, 0.3) is 21.3 Å². The van der Waals surface area contributed by atoms with Gasteiger partial charge in [-0.15, -0.1) is 21.5 Å². The Kier molecular flexibility index (Phi) is 4.05. The van der Waals surface area contributed by atoms with E-state index in [-0.39, 0.29) is 11.4 Å². The third-order valence-electron chi connectivity index (χ3n) is 4.47. The number of thiophene rings is 1. The van der Waals surface area contributed by atoms with E-state index in [1.807, 2.05) is 5.38 Å². The van der Waals surface area contributed by atoms with E-state index in [2.05, 4.69) is 24.7 Å². The number of aromatic nitrogens is 5. The number of nitrogens with zero attached hydrogens (tertiary/aromatic N) is 4. The maximum absolute atomic E-state index is 13.2. The second kappa shape index (κ2) is 6.58. The summed E-state index contributed by atoms with van der Waals surface area (Å²) >= 11 is 2.93. The van der Waals surface area contributed by atoms with Crippen LogP contribution in [0.2, 0.25) is 0 Å². The van der Waals surface area contributed by atoms with Crippen LogP contribution < -0.4 is 5.56 Å². The zero-order valence-corrected chi connectivity index (χ0v) is 15.7. The van der Waals surface area contributed by atoms with Gasteiger partial charge in [0.1, 0.15) is 22.8 Å². The fraction of sp³-hybridized carbons (Fsp3) is 0.222. The lowest BCUT2D eigenvalue weighted by atomic mass is 10.1. The number of H-pyrrole nitrogens is 1. The van der Waals surface area contributed by atoms with Crippen molar-refractivity contribution in [3.63, 3.8) is 0 Å². The number of benzene rings is 1. The van der Waals surface area contributed by atoms with E-state index >= 15 is 0 Å². The van der Waals surface area contributed by atoms with Crippen molar-refractivity contribution < 1.29 is 4.39 Å². The van der Waals surface area contributed by atoms with Crippen LogP contribution >= 0.6 is 23.1 Å². The second-order valence-corrected chi connectivity index (χ2v) is 8.19. The molecular weight excluding hydrogens is 385 g/mol. The van der Waals surface area contributed by atoms with Crippen molar-refractivity contribution in [3.05, 3.63) is 58.0 Å². The molecule has 1 saturated carbocycles. The quantitative estimate of drug-likeness (QED) is 0.513. The number of halogens is 1. The van der Waals surface area contributed by atoms with Crippen LogP contribution in [-0.2, 0) is 5.75 Å². The average Bonchev–Trinajstić information content (AvgIpc) is 3.24. The Hall–Kier alpha value is -2.52. The molecule has 0 atom stereocenters. The zero-order valence-electron chi connectivity index (χ0n) is 14.1. The van der Waals surface area contributed by atoms with E-state index in [4.69, 9.17) is 0 Å². The van der Waals surface area contributed by atoms with Gasteiger partial charge in [-0.1, -0.05) is 23.9 Å². The number of nitrogens with one attached hydrogen (secondary N) is 1. The number of fused-ring (bicyclic) bond motifs is 1. The van der Waals surface area contributed by atoms with Gasteiger partial charge in [-0.2, -0.15) is 0 Å². The molecule has 0 aliphatic heterocycles. The summed E-state index contributed by atoms with van der Waals surface area (Å²) in [7, 11) is 0. The molecular formula is C18H14FN5OS2. The molecule has 1 aliphatic rings. The van der Waals surface area contributed by atoms with Gasteiger partial charge in [-0.3, -0.25) is 4.79 Å². The maximum atomic E-state index is 13.2. The first-order valence-corrected chi connectivity index (χ1v) is 10.3. The van der Waals surface area contributed by atoms with Crippen molar-refractivity contribution in [2.75, 3.05) is 0 Å². The highest BCUT2D eigenvalue weighted by Gasteiger charge is 2.26. The molecule has 1 aromatic carbocycles. The first-order valence-electron chi connectivity index (χ1n) is 8.47. The Morgan fingerprint density at radius 3 is 2.89 bits per heavy atom. The third-order valence-corrected chi connectivity index (χ3v) is 6.31. The van der Waals surface area contributed by atoms with Crippen LogP contribution in [0.1, 0.15) is 24.7 Å². The van der Waals surface area contributed by atoms with Crippen LogP contribution in [0.4, 0.5) is 4.39 Å². The van der Waals surface area contributed by atoms with Gasteiger partial charge >= 0.3 is 0 Å². The standard InChI is InChI=1S/C18H14FN5OS2/c19-11-3-1-10(2-4-11)13-7-26-17-15(13)16(25)21-14(22-17)8-27-18-23-20-9-24(18)12-5-6-12/h1-4,7,9,12H,5-6,8H2,(H,21,22,25). The molecule has 3 aromatic heterocycles. The summed E-state index contributed by atoms with van der Waals surface area (Å²) in [5.41, 5.74) is 1.39. The van der Waals surface area contributed by atoms with Crippen molar-refractivity contribution in [3.8, 4) is 11.1 Å². The van der Waals surface area contributed by atoms with E-state index in [0.717, 1.165) is 29.1 Å².